The van der Waals surface area contributed by atoms with Gasteiger partial charge in [0, 0.05) is 0 Å². The Morgan fingerprint density at radius 1 is 1.17 bits per heavy atom. The molecule has 0 aliphatic carbocycles. The molecule has 0 bridgehead atoms. The molecule has 0 aromatic rings. The molecule has 36 valence electrons. The smallest absolute Gasteiger partial charge is 0.196 e. The van der Waals surface area contributed by atoms with Crippen molar-refractivity contribution < 1.29 is 0 Å². The Balaban J connectivity index is 2.31. The van der Waals surface area contributed by atoms with Gasteiger partial charge in [0.2, 0.25) is 0 Å². The minimum Gasteiger partial charge on any atom is -0.339 e. The van der Waals surface area contributed by atoms with Crippen LogP contribution >= 0.6 is 0 Å². The summed E-state index contributed by atoms with van der Waals surface area (Å²) in [6, 6.07) is 2.29. The van der Waals surface area contributed by atoms with Crippen molar-refractivity contribution in [2.24, 2.45) is 10.8 Å². The number of rotatable bonds is 0. The zero-order chi connectivity index (χ0) is 4.62. The monoisotopic (exact) mass is 102 g/mol. The summed E-state index contributed by atoms with van der Waals surface area (Å²) in [5, 5.41) is 11.1. The van der Waals surface area contributed by atoms with E-state index in [0.717, 1.165) is 12.1 Å². The Kier molecular flexibility index (Phi) is 0.755. The average molecular weight is 102 g/mol. The van der Waals surface area contributed by atoms with E-state index < -0.39 is 8.40 Å². The predicted octanol–water partition coefficient (Wildman–Crippen LogP) is -0.250. The van der Waals surface area contributed by atoms with Crippen LogP contribution in [0.4, 0.5) is 0 Å². The molecule has 0 atom stereocenters. The van der Waals surface area contributed by atoms with E-state index in [0.29, 0.717) is 0 Å². The van der Waals surface area contributed by atoms with Crippen molar-refractivity contribution >= 4 is 8.40 Å². The van der Waals surface area contributed by atoms with Gasteiger partial charge in [0.25, 0.3) is 0 Å². The summed E-state index contributed by atoms with van der Waals surface area (Å²) in [7, 11) is -1.45. The summed E-state index contributed by atoms with van der Waals surface area (Å²) >= 11 is 0. The number of hydrogen-bond donors (Lipinski definition) is 2. The summed E-state index contributed by atoms with van der Waals surface area (Å²) in [6.07, 6.45) is 1.28. The quantitative estimate of drug-likeness (QED) is 0.414. The zero-order valence-corrected chi connectivity index (χ0v) is 4.78. The Hall–Kier alpha value is 0.137. The van der Waals surface area contributed by atoms with Crippen LogP contribution in [0.3, 0.4) is 0 Å². The summed E-state index contributed by atoms with van der Waals surface area (Å²) in [5.74, 6) is 0. The molecule has 6 heavy (non-hydrogen) atoms. The molecule has 1 aliphatic heterocycles. The molecule has 2 nitrogen and oxygen atoms in total. The standard InChI is InChI=1S/C3H10N2Si/c4-6(5)2-1-3-6/h1-5H2. The van der Waals surface area contributed by atoms with Crippen LogP contribution in [-0.4, -0.2) is 8.40 Å². The van der Waals surface area contributed by atoms with Gasteiger partial charge in [0.1, 0.15) is 0 Å². The Morgan fingerprint density at radius 2 is 1.50 bits per heavy atom. The normalized spacial score (nSPS) is 29.0. The third-order valence-electron chi connectivity index (χ3n) is 1.28. The molecule has 0 saturated carbocycles. The third-order valence-corrected chi connectivity index (χ3v) is 3.85. The molecule has 1 saturated heterocycles. The van der Waals surface area contributed by atoms with E-state index in [4.69, 9.17) is 10.8 Å². The van der Waals surface area contributed by atoms with E-state index in [2.05, 4.69) is 0 Å². The van der Waals surface area contributed by atoms with E-state index in [1.54, 1.807) is 0 Å². The van der Waals surface area contributed by atoms with Crippen LogP contribution in [0.5, 0.6) is 0 Å². The molecule has 1 rings (SSSR count). The van der Waals surface area contributed by atoms with E-state index in [1.807, 2.05) is 0 Å². The Labute approximate surface area is 38.7 Å². The molecule has 0 unspecified atom stereocenters. The van der Waals surface area contributed by atoms with E-state index >= 15 is 0 Å². The van der Waals surface area contributed by atoms with Crippen LogP contribution in [0.25, 0.3) is 0 Å². The van der Waals surface area contributed by atoms with Crippen molar-refractivity contribution in [3.63, 3.8) is 0 Å². The lowest BCUT2D eigenvalue weighted by atomic mass is 10.5. The third kappa shape index (κ3) is 0.615. The molecule has 0 aromatic heterocycles. The first-order valence-corrected chi connectivity index (χ1v) is 4.85. The highest BCUT2D eigenvalue weighted by Crippen LogP contribution is 2.21. The first-order valence-electron chi connectivity index (χ1n) is 2.28. The van der Waals surface area contributed by atoms with Crippen LogP contribution in [-0.2, 0) is 0 Å². The summed E-state index contributed by atoms with van der Waals surface area (Å²) < 4.78 is 0. The zero-order valence-electron chi connectivity index (χ0n) is 3.78. The molecule has 0 amide bonds. The topological polar surface area (TPSA) is 52.0 Å². The molecule has 3 heteroatoms. The fourth-order valence-electron chi connectivity index (χ4n) is 0.585. The van der Waals surface area contributed by atoms with Gasteiger partial charge >= 0.3 is 0 Å². The summed E-state index contributed by atoms with van der Waals surface area (Å²) in [4.78, 5) is 0. The fraction of sp³-hybridized carbons (Fsp3) is 1.00. The van der Waals surface area contributed by atoms with Gasteiger partial charge in [-0.15, -0.1) is 0 Å². The van der Waals surface area contributed by atoms with Crippen molar-refractivity contribution in [3.05, 3.63) is 0 Å². The maximum absolute atomic E-state index is 5.54. The molecule has 4 N–H and O–H groups in total. The molecule has 1 heterocycles. The lowest BCUT2D eigenvalue weighted by Gasteiger charge is -2.29. The van der Waals surface area contributed by atoms with Gasteiger partial charge in [0.05, 0.1) is 0 Å². The molecule has 0 radical (unpaired) electrons. The van der Waals surface area contributed by atoms with Gasteiger partial charge in [-0.3, -0.25) is 0 Å². The fourth-order valence-corrected chi connectivity index (χ4v) is 1.76. The van der Waals surface area contributed by atoms with Crippen LogP contribution in [0.1, 0.15) is 6.42 Å². The second-order valence-corrected chi connectivity index (χ2v) is 5.55. The summed E-state index contributed by atoms with van der Waals surface area (Å²) in [5.41, 5.74) is 0. The van der Waals surface area contributed by atoms with Crippen LogP contribution < -0.4 is 10.8 Å². The molecule has 0 aromatic carbocycles. The predicted molar refractivity (Wildman–Crippen MR) is 28.4 cm³/mol. The number of nitrogens with two attached hydrogens (primary N) is 2. The SMILES string of the molecule is N[Si]1(N)CCC1. The van der Waals surface area contributed by atoms with Gasteiger partial charge in [-0.25, -0.2) is 0 Å². The largest absolute Gasteiger partial charge is 0.339 e. The highest BCUT2D eigenvalue weighted by atomic mass is 28.3. The molecule has 1 fully saturated rings. The van der Waals surface area contributed by atoms with Gasteiger partial charge in [-0.05, 0) is 12.1 Å². The van der Waals surface area contributed by atoms with E-state index in [-0.39, 0.29) is 0 Å². The highest BCUT2D eigenvalue weighted by Gasteiger charge is 2.30. The Bertz CT molecular complexity index is 55.8. The van der Waals surface area contributed by atoms with Crippen LogP contribution in [0, 0.1) is 0 Å². The lowest BCUT2D eigenvalue weighted by Crippen LogP contribution is -2.60. The lowest BCUT2D eigenvalue weighted by molar-refractivity contribution is 0.880. The average Bonchev–Trinajstić information content (AvgIpc) is 1.32. The van der Waals surface area contributed by atoms with Crippen molar-refractivity contribution in [2.75, 3.05) is 0 Å². The minimum absolute atomic E-state index is 1.15. The van der Waals surface area contributed by atoms with E-state index in [1.165, 1.54) is 6.42 Å². The van der Waals surface area contributed by atoms with Gasteiger partial charge in [-0.2, -0.15) is 0 Å². The molecule has 1 aliphatic rings. The van der Waals surface area contributed by atoms with E-state index in [9.17, 15) is 0 Å². The van der Waals surface area contributed by atoms with Gasteiger partial charge in [0.15, 0.2) is 8.40 Å². The Morgan fingerprint density at radius 3 is 1.50 bits per heavy atom. The second-order valence-electron chi connectivity index (χ2n) is 2.09. The van der Waals surface area contributed by atoms with Crippen molar-refractivity contribution in [1.82, 2.24) is 0 Å². The maximum atomic E-state index is 5.54. The highest BCUT2D eigenvalue weighted by molar-refractivity contribution is 6.76. The van der Waals surface area contributed by atoms with Gasteiger partial charge in [-0.1, -0.05) is 6.42 Å². The first-order chi connectivity index (χ1) is 2.71. The van der Waals surface area contributed by atoms with Crippen molar-refractivity contribution in [2.45, 2.75) is 18.5 Å². The van der Waals surface area contributed by atoms with Crippen LogP contribution in [0.15, 0.2) is 0 Å². The van der Waals surface area contributed by atoms with Crippen molar-refractivity contribution in [1.29, 1.82) is 0 Å². The van der Waals surface area contributed by atoms with Crippen LogP contribution in [0.2, 0.25) is 12.1 Å². The first kappa shape index (κ1) is 4.30. The minimum atomic E-state index is -1.45. The second kappa shape index (κ2) is 1.05. The van der Waals surface area contributed by atoms with Gasteiger partial charge < -0.3 is 10.8 Å². The number of hydrogen-bond acceptors (Lipinski definition) is 2. The molecular formula is C3H10N2Si. The summed E-state index contributed by atoms with van der Waals surface area (Å²) in [6.45, 7) is 0. The molecule has 0 spiro atoms. The van der Waals surface area contributed by atoms with Crippen molar-refractivity contribution in [3.8, 4) is 0 Å². The molecular weight excluding hydrogens is 92.1 g/mol. The maximum Gasteiger partial charge on any atom is 0.196 e.